The largest absolute Gasteiger partial charge is 0.384 e. The van der Waals surface area contributed by atoms with E-state index in [1.54, 1.807) is 6.20 Å². The summed E-state index contributed by atoms with van der Waals surface area (Å²) < 4.78 is 5.98. The second kappa shape index (κ2) is 7.25. The molecule has 0 amide bonds. The number of morpholine rings is 1. The number of ether oxygens (including phenoxy) is 1. The van der Waals surface area contributed by atoms with Gasteiger partial charge >= 0.3 is 0 Å². The number of H-pyrrole nitrogens is 1. The number of fused-ring (bicyclic) bond motifs is 1. The van der Waals surface area contributed by atoms with E-state index in [0.717, 1.165) is 39.1 Å². The molecule has 3 heterocycles. The van der Waals surface area contributed by atoms with Crippen molar-refractivity contribution < 1.29 is 4.74 Å². The number of benzene rings is 1. The fourth-order valence-electron chi connectivity index (χ4n) is 3.61. The molecule has 3 aromatic rings. The molecule has 1 aliphatic rings. The third-order valence-electron chi connectivity index (χ3n) is 4.90. The molecule has 3 N–H and O–H groups in total. The molecule has 5 nitrogen and oxygen atoms in total. The third kappa shape index (κ3) is 3.83. The molecule has 130 valence electrons. The van der Waals surface area contributed by atoms with E-state index in [0.29, 0.717) is 5.82 Å². The predicted molar refractivity (Wildman–Crippen MR) is 100 cm³/mol. The Kier molecular flexibility index (Phi) is 4.68. The lowest BCUT2D eigenvalue weighted by atomic mass is 10.1. The van der Waals surface area contributed by atoms with Crippen molar-refractivity contribution in [3.05, 3.63) is 59.9 Å². The van der Waals surface area contributed by atoms with Crippen LogP contribution in [0.25, 0.3) is 10.9 Å². The fourth-order valence-corrected chi connectivity index (χ4v) is 3.61. The average Bonchev–Trinajstić information content (AvgIpc) is 3.10. The minimum absolute atomic E-state index is 0.272. The van der Waals surface area contributed by atoms with E-state index in [2.05, 4.69) is 39.1 Å². The summed E-state index contributed by atoms with van der Waals surface area (Å²) in [5, 5.41) is 1.32. The van der Waals surface area contributed by atoms with Crippen molar-refractivity contribution >= 4 is 16.7 Å². The third-order valence-corrected chi connectivity index (χ3v) is 4.90. The van der Waals surface area contributed by atoms with Crippen molar-refractivity contribution in [2.24, 2.45) is 0 Å². The van der Waals surface area contributed by atoms with Gasteiger partial charge in [0.2, 0.25) is 0 Å². The van der Waals surface area contributed by atoms with Gasteiger partial charge in [-0.1, -0.05) is 12.1 Å². The maximum absolute atomic E-state index is 5.98. The Hall–Kier alpha value is -2.37. The van der Waals surface area contributed by atoms with Crippen molar-refractivity contribution in [1.82, 2.24) is 14.9 Å². The van der Waals surface area contributed by atoms with E-state index in [9.17, 15) is 0 Å². The zero-order chi connectivity index (χ0) is 17.1. The molecule has 1 saturated heterocycles. The van der Waals surface area contributed by atoms with Crippen LogP contribution in [0.1, 0.15) is 17.5 Å². The Bertz CT molecular complexity index is 844. The summed E-state index contributed by atoms with van der Waals surface area (Å²) in [6.45, 7) is 3.73. The van der Waals surface area contributed by atoms with Gasteiger partial charge in [-0.05, 0) is 48.2 Å². The highest BCUT2D eigenvalue weighted by Crippen LogP contribution is 2.21. The molecule has 4 rings (SSSR count). The standard InChI is InChI=1S/C20H24N4O/c21-20-12-15(6-8-23-20)4-5-17-14-24(10-11-25-17)13-16-2-1-3-19-18(16)7-9-22-19/h1-3,6-9,12,17,22H,4-5,10-11,13-14H2,(H2,21,23). The monoisotopic (exact) mass is 336 g/mol. The van der Waals surface area contributed by atoms with Crippen LogP contribution in [0.3, 0.4) is 0 Å². The van der Waals surface area contributed by atoms with Crippen LogP contribution >= 0.6 is 0 Å². The molecule has 2 aromatic heterocycles. The molecule has 1 aliphatic heterocycles. The highest BCUT2D eigenvalue weighted by molar-refractivity contribution is 5.82. The molecule has 0 spiro atoms. The number of aromatic nitrogens is 2. The highest BCUT2D eigenvalue weighted by atomic mass is 16.5. The Labute approximate surface area is 147 Å². The van der Waals surface area contributed by atoms with Crippen LogP contribution in [-0.2, 0) is 17.7 Å². The number of hydrogen-bond donors (Lipinski definition) is 2. The van der Waals surface area contributed by atoms with Crippen molar-refractivity contribution in [2.75, 3.05) is 25.4 Å². The summed E-state index contributed by atoms with van der Waals surface area (Å²) >= 11 is 0. The Morgan fingerprint density at radius 2 is 2.24 bits per heavy atom. The van der Waals surface area contributed by atoms with E-state index in [1.165, 1.54) is 22.0 Å². The van der Waals surface area contributed by atoms with E-state index in [-0.39, 0.29) is 6.10 Å². The van der Waals surface area contributed by atoms with Gasteiger partial charge in [0.05, 0.1) is 12.7 Å². The zero-order valence-electron chi connectivity index (χ0n) is 14.3. The topological polar surface area (TPSA) is 67.2 Å². The molecule has 5 heteroatoms. The maximum Gasteiger partial charge on any atom is 0.123 e. The second-order valence-electron chi connectivity index (χ2n) is 6.71. The summed E-state index contributed by atoms with van der Waals surface area (Å²) in [4.78, 5) is 9.84. The number of rotatable bonds is 5. The van der Waals surface area contributed by atoms with Crippen molar-refractivity contribution in [2.45, 2.75) is 25.5 Å². The minimum atomic E-state index is 0.272. The maximum atomic E-state index is 5.98. The van der Waals surface area contributed by atoms with Gasteiger partial charge in [0, 0.05) is 42.9 Å². The van der Waals surface area contributed by atoms with Gasteiger partial charge in [0.15, 0.2) is 0 Å². The number of hydrogen-bond acceptors (Lipinski definition) is 4. The molecule has 1 atom stereocenters. The number of anilines is 1. The van der Waals surface area contributed by atoms with Crippen LogP contribution < -0.4 is 5.73 Å². The molecule has 0 saturated carbocycles. The first-order valence-electron chi connectivity index (χ1n) is 8.87. The smallest absolute Gasteiger partial charge is 0.123 e. The van der Waals surface area contributed by atoms with Crippen molar-refractivity contribution in [1.29, 1.82) is 0 Å². The normalized spacial score (nSPS) is 18.6. The summed E-state index contributed by atoms with van der Waals surface area (Å²) in [5.74, 6) is 0.586. The first-order chi connectivity index (χ1) is 12.3. The van der Waals surface area contributed by atoms with Crippen LogP contribution in [-0.4, -0.2) is 40.7 Å². The molecule has 0 bridgehead atoms. The highest BCUT2D eigenvalue weighted by Gasteiger charge is 2.21. The van der Waals surface area contributed by atoms with Gasteiger partial charge in [0.25, 0.3) is 0 Å². The Morgan fingerprint density at radius 3 is 3.16 bits per heavy atom. The van der Waals surface area contributed by atoms with Gasteiger partial charge in [-0.3, -0.25) is 4.90 Å². The van der Waals surface area contributed by atoms with Crippen LogP contribution in [0.15, 0.2) is 48.8 Å². The van der Waals surface area contributed by atoms with Gasteiger partial charge in [0.1, 0.15) is 5.82 Å². The number of nitrogen functional groups attached to an aromatic ring is 1. The summed E-state index contributed by atoms with van der Waals surface area (Å²) in [5.41, 5.74) is 9.57. The zero-order valence-corrected chi connectivity index (χ0v) is 14.3. The number of nitrogens with one attached hydrogen (secondary N) is 1. The van der Waals surface area contributed by atoms with Crippen LogP contribution in [0.4, 0.5) is 5.82 Å². The number of aromatic amines is 1. The molecule has 0 aliphatic carbocycles. The lowest BCUT2D eigenvalue weighted by Gasteiger charge is -2.33. The average molecular weight is 336 g/mol. The van der Waals surface area contributed by atoms with Gasteiger partial charge in [-0.15, -0.1) is 0 Å². The molecule has 1 aromatic carbocycles. The van der Waals surface area contributed by atoms with Crippen LogP contribution in [0, 0.1) is 0 Å². The first kappa shape index (κ1) is 16.1. The molecule has 0 radical (unpaired) electrons. The number of nitrogens with zero attached hydrogens (tertiary/aromatic N) is 2. The number of aryl methyl sites for hydroxylation is 1. The van der Waals surface area contributed by atoms with E-state index >= 15 is 0 Å². The van der Waals surface area contributed by atoms with Gasteiger partial charge < -0.3 is 15.5 Å². The lowest BCUT2D eigenvalue weighted by Crippen LogP contribution is -2.42. The first-order valence-corrected chi connectivity index (χ1v) is 8.87. The quantitative estimate of drug-likeness (QED) is 0.752. The van der Waals surface area contributed by atoms with E-state index < -0.39 is 0 Å². The fraction of sp³-hybridized carbons (Fsp3) is 0.350. The van der Waals surface area contributed by atoms with Crippen LogP contribution in [0.2, 0.25) is 0 Å². The van der Waals surface area contributed by atoms with Crippen LogP contribution in [0.5, 0.6) is 0 Å². The van der Waals surface area contributed by atoms with E-state index in [1.807, 2.05) is 18.3 Å². The van der Waals surface area contributed by atoms with Crippen molar-refractivity contribution in [3.8, 4) is 0 Å². The SMILES string of the molecule is Nc1cc(CCC2CN(Cc3cccc4[nH]ccc34)CCO2)ccn1. The summed E-state index contributed by atoms with van der Waals surface area (Å²) in [7, 11) is 0. The molecular formula is C20H24N4O. The Morgan fingerprint density at radius 1 is 1.28 bits per heavy atom. The molecule has 1 unspecified atom stereocenters. The lowest BCUT2D eigenvalue weighted by molar-refractivity contribution is -0.0344. The summed E-state index contributed by atoms with van der Waals surface area (Å²) in [6.07, 6.45) is 6.04. The van der Waals surface area contributed by atoms with Gasteiger partial charge in [-0.25, -0.2) is 4.98 Å². The van der Waals surface area contributed by atoms with Crippen molar-refractivity contribution in [3.63, 3.8) is 0 Å². The molecule has 25 heavy (non-hydrogen) atoms. The van der Waals surface area contributed by atoms with Gasteiger partial charge in [-0.2, -0.15) is 0 Å². The molecular weight excluding hydrogens is 312 g/mol. The Balaban J connectivity index is 1.37. The summed E-state index contributed by atoms with van der Waals surface area (Å²) in [6, 6.07) is 12.6. The number of pyridine rings is 1. The van der Waals surface area contributed by atoms with E-state index in [4.69, 9.17) is 10.5 Å². The predicted octanol–water partition coefficient (Wildman–Crippen LogP) is 2.98. The number of nitrogens with two attached hydrogens (primary N) is 1. The second-order valence-corrected chi connectivity index (χ2v) is 6.71. The minimum Gasteiger partial charge on any atom is -0.384 e. The molecule has 1 fully saturated rings.